The van der Waals surface area contributed by atoms with Crippen molar-refractivity contribution in [1.82, 2.24) is 15.2 Å². The van der Waals surface area contributed by atoms with E-state index in [1.54, 1.807) is 12.3 Å². The number of furan rings is 1. The summed E-state index contributed by atoms with van der Waals surface area (Å²) < 4.78 is 5.24. The predicted molar refractivity (Wildman–Crippen MR) is 79.4 cm³/mol. The van der Waals surface area contributed by atoms with Crippen molar-refractivity contribution in [2.45, 2.75) is 18.9 Å². The Morgan fingerprint density at radius 3 is 2.95 bits per heavy atom. The third-order valence-corrected chi connectivity index (χ3v) is 4.91. The molecule has 6 heteroatoms. The molecule has 21 heavy (non-hydrogen) atoms. The SMILES string of the molecule is O=C(N[C@H]1CN2CCC1CC2)c1cc2c(Cl)coc2cn1. The molecule has 0 saturated carbocycles. The number of nitrogens with zero attached hydrogens (tertiary/aromatic N) is 2. The Morgan fingerprint density at radius 1 is 1.43 bits per heavy atom. The number of hydrogen-bond acceptors (Lipinski definition) is 4. The molecule has 0 aromatic carbocycles. The number of rotatable bonds is 2. The van der Waals surface area contributed by atoms with Crippen molar-refractivity contribution in [1.29, 1.82) is 0 Å². The van der Waals surface area contributed by atoms with Crippen LogP contribution >= 0.6 is 11.6 Å². The van der Waals surface area contributed by atoms with Crippen molar-refractivity contribution < 1.29 is 9.21 Å². The molecule has 110 valence electrons. The van der Waals surface area contributed by atoms with E-state index in [1.165, 1.54) is 19.1 Å². The number of nitrogens with one attached hydrogen (secondary N) is 1. The van der Waals surface area contributed by atoms with Gasteiger partial charge in [0, 0.05) is 18.0 Å². The van der Waals surface area contributed by atoms with Gasteiger partial charge in [-0.2, -0.15) is 0 Å². The molecule has 0 aliphatic carbocycles. The molecule has 2 aromatic heterocycles. The lowest BCUT2D eigenvalue weighted by Gasteiger charge is -2.44. The molecule has 2 bridgehead atoms. The molecule has 0 radical (unpaired) electrons. The molecule has 1 amide bonds. The van der Waals surface area contributed by atoms with E-state index in [1.807, 2.05) is 0 Å². The highest BCUT2D eigenvalue weighted by molar-refractivity contribution is 6.35. The van der Waals surface area contributed by atoms with Gasteiger partial charge in [0.2, 0.25) is 0 Å². The summed E-state index contributed by atoms with van der Waals surface area (Å²) in [5.74, 6) is 0.466. The summed E-state index contributed by atoms with van der Waals surface area (Å²) in [5.41, 5.74) is 0.988. The van der Waals surface area contributed by atoms with Crippen LogP contribution in [-0.4, -0.2) is 41.5 Å². The molecule has 1 atom stereocenters. The number of carbonyl (C=O) groups excluding carboxylic acids is 1. The first-order valence-corrected chi connectivity index (χ1v) is 7.64. The van der Waals surface area contributed by atoms with Crippen molar-refractivity contribution in [3.8, 4) is 0 Å². The van der Waals surface area contributed by atoms with Gasteiger partial charge in [-0.3, -0.25) is 4.79 Å². The van der Waals surface area contributed by atoms with Crippen LogP contribution in [0.1, 0.15) is 23.3 Å². The van der Waals surface area contributed by atoms with Gasteiger partial charge in [0.05, 0.1) is 11.2 Å². The second-order valence-electron chi connectivity index (χ2n) is 5.87. The Labute approximate surface area is 127 Å². The molecule has 0 spiro atoms. The number of piperidine rings is 3. The highest BCUT2D eigenvalue weighted by atomic mass is 35.5. The van der Waals surface area contributed by atoms with Crippen LogP contribution < -0.4 is 5.32 Å². The zero-order valence-corrected chi connectivity index (χ0v) is 12.3. The van der Waals surface area contributed by atoms with Gasteiger partial charge in [-0.05, 0) is 37.9 Å². The Hall–Kier alpha value is -1.59. The van der Waals surface area contributed by atoms with Gasteiger partial charge >= 0.3 is 0 Å². The van der Waals surface area contributed by atoms with E-state index in [0.29, 0.717) is 22.2 Å². The van der Waals surface area contributed by atoms with Crippen LogP contribution in [0.25, 0.3) is 11.0 Å². The Balaban J connectivity index is 1.54. The molecule has 3 aliphatic heterocycles. The van der Waals surface area contributed by atoms with Crippen molar-refractivity contribution >= 4 is 28.5 Å². The molecule has 3 aliphatic rings. The van der Waals surface area contributed by atoms with E-state index in [-0.39, 0.29) is 11.9 Å². The summed E-state index contributed by atoms with van der Waals surface area (Å²) in [7, 11) is 0. The zero-order chi connectivity index (χ0) is 14.4. The van der Waals surface area contributed by atoms with Crippen LogP contribution in [0.15, 0.2) is 22.9 Å². The van der Waals surface area contributed by atoms with Gasteiger partial charge < -0.3 is 14.6 Å². The van der Waals surface area contributed by atoms with Gasteiger partial charge in [-0.1, -0.05) is 11.6 Å². The summed E-state index contributed by atoms with van der Waals surface area (Å²) in [6.45, 7) is 3.27. The fourth-order valence-corrected chi connectivity index (χ4v) is 3.59. The lowest BCUT2D eigenvalue weighted by atomic mass is 9.84. The largest absolute Gasteiger partial charge is 0.461 e. The lowest BCUT2D eigenvalue weighted by molar-refractivity contribution is 0.0618. The number of hydrogen-bond donors (Lipinski definition) is 1. The number of aromatic nitrogens is 1. The summed E-state index contributed by atoms with van der Waals surface area (Å²) in [4.78, 5) is 19.0. The van der Waals surface area contributed by atoms with Crippen molar-refractivity contribution in [3.63, 3.8) is 0 Å². The highest BCUT2D eigenvalue weighted by Gasteiger charge is 2.35. The van der Waals surface area contributed by atoms with E-state index < -0.39 is 0 Å². The second kappa shape index (κ2) is 5.00. The number of halogens is 1. The molecule has 5 rings (SSSR count). The van der Waals surface area contributed by atoms with E-state index >= 15 is 0 Å². The maximum atomic E-state index is 12.4. The first-order valence-electron chi connectivity index (χ1n) is 7.26. The molecule has 1 N–H and O–H groups in total. The number of amides is 1. The maximum absolute atomic E-state index is 12.4. The Morgan fingerprint density at radius 2 is 2.24 bits per heavy atom. The van der Waals surface area contributed by atoms with Crippen LogP contribution in [-0.2, 0) is 0 Å². The quantitative estimate of drug-likeness (QED) is 0.925. The molecule has 3 saturated heterocycles. The highest BCUT2D eigenvalue weighted by Crippen LogP contribution is 2.28. The van der Waals surface area contributed by atoms with Gasteiger partial charge in [-0.25, -0.2) is 4.98 Å². The fourth-order valence-electron chi connectivity index (χ4n) is 3.40. The number of fused-ring (bicyclic) bond motifs is 4. The van der Waals surface area contributed by atoms with Crippen LogP contribution in [0.5, 0.6) is 0 Å². The standard InChI is InChI=1S/C15H16ClN3O2/c16-11-8-21-14-6-17-12(5-10(11)14)15(20)18-13-7-19-3-1-9(13)2-4-19/h5-6,8-9,13H,1-4,7H2,(H,18,20)/t13-/m0/s1. The monoisotopic (exact) mass is 305 g/mol. The lowest BCUT2D eigenvalue weighted by Crippen LogP contribution is -2.57. The summed E-state index contributed by atoms with van der Waals surface area (Å²) in [5, 5.41) is 4.36. The average Bonchev–Trinajstić information content (AvgIpc) is 2.89. The molecule has 5 heterocycles. The van der Waals surface area contributed by atoms with E-state index in [9.17, 15) is 4.79 Å². The Kier molecular flexibility index (Phi) is 3.12. The molecule has 5 nitrogen and oxygen atoms in total. The van der Waals surface area contributed by atoms with Crippen molar-refractivity contribution in [2.75, 3.05) is 19.6 Å². The third kappa shape index (κ3) is 2.30. The Bertz CT molecular complexity index is 691. The summed E-state index contributed by atoms with van der Waals surface area (Å²) in [6, 6.07) is 1.93. The number of carbonyl (C=O) groups is 1. The van der Waals surface area contributed by atoms with E-state index in [2.05, 4.69) is 15.2 Å². The van der Waals surface area contributed by atoms with E-state index in [0.717, 1.165) is 25.0 Å². The second-order valence-corrected chi connectivity index (χ2v) is 6.27. The normalized spacial score (nSPS) is 28.0. The molecular weight excluding hydrogens is 290 g/mol. The van der Waals surface area contributed by atoms with Gasteiger partial charge in [0.15, 0.2) is 5.58 Å². The topological polar surface area (TPSA) is 58.4 Å². The van der Waals surface area contributed by atoms with E-state index in [4.69, 9.17) is 16.0 Å². The fraction of sp³-hybridized carbons (Fsp3) is 0.467. The maximum Gasteiger partial charge on any atom is 0.270 e. The summed E-state index contributed by atoms with van der Waals surface area (Å²) in [6.07, 6.45) is 5.35. The molecular formula is C15H16ClN3O2. The van der Waals surface area contributed by atoms with Crippen molar-refractivity contribution in [2.24, 2.45) is 5.92 Å². The molecule has 0 unspecified atom stereocenters. The van der Waals surface area contributed by atoms with Crippen LogP contribution in [0.2, 0.25) is 5.02 Å². The van der Waals surface area contributed by atoms with Crippen molar-refractivity contribution in [3.05, 3.63) is 29.2 Å². The first-order chi connectivity index (χ1) is 10.2. The van der Waals surface area contributed by atoms with Gasteiger partial charge in [0.1, 0.15) is 12.0 Å². The first kappa shape index (κ1) is 13.1. The number of pyridine rings is 1. The van der Waals surface area contributed by atoms with Crippen LogP contribution in [0.4, 0.5) is 0 Å². The minimum atomic E-state index is -0.132. The zero-order valence-electron chi connectivity index (χ0n) is 11.5. The average molecular weight is 306 g/mol. The van der Waals surface area contributed by atoms with Gasteiger partial charge in [0.25, 0.3) is 5.91 Å². The third-order valence-electron chi connectivity index (χ3n) is 4.62. The van der Waals surface area contributed by atoms with Crippen LogP contribution in [0.3, 0.4) is 0 Å². The minimum Gasteiger partial charge on any atom is -0.461 e. The molecule has 3 fully saturated rings. The molecule has 2 aromatic rings. The minimum absolute atomic E-state index is 0.132. The smallest absolute Gasteiger partial charge is 0.270 e. The van der Waals surface area contributed by atoms with Gasteiger partial charge in [-0.15, -0.1) is 0 Å². The van der Waals surface area contributed by atoms with Crippen LogP contribution in [0, 0.1) is 5.92 Å². The summed E-state index contributed by atoms with van der Waals surface area (Å²) >= 11 is 6.03. The predicted octanol–water partition coefficient (Wildman–Crippen LogP) is 2.31.